The zero-order chi connectivity index (χ0) is 14.0. The van der Waals surface area contributed by atoms with Crippen LogP contribution in [-0.2, 0) is 6.42 Å². The van der Waals surface area contributed by atoms with Crippen LogP contribution >= 0.6 is 0 Å². The van der Waals surface area contributed by atoms with Crippen molar-refractivity contribution in [2.45, 2.75) is 39.2 Å². The van der Waals surface area contributed by atoms with E-state index in [1.54, 1.807) is 6.07 Å². The number of aromatic nitrogens is 1. The van der Waals surface area contributed by atoms with Gasteiger partial charge in [0.2, 0.25) is 0 Å². The largest absolute Gasteiger partial charge is 0.358 e. The van der Waals surface area contributed by atoms with Gasteiger partial charge in [-0.05, 0) is 41.6 Å². The lowest BCUT2D eigenvalue weighted by molar-refractivity contribution is 0.600. The van der Waals surface area contributed by atoms with Crippen LogP contribution in [0.3, 0.4) is 0 Å². The first-order valence-electron chi connectivity index (χ1n) is 6.36. The van der Waals surface area contributed by atoms with Gasteiger partial charge in [-0.3, -0.25) is 0 Å². The van der Waals surface area contributed by atoms with Crippen molar-refractivity contribution in [2.24, 2.45) is 5.11 Å². The van der Waals surface area contributed by atoms with Gasteiger partial charge in [-0.25, -0.2) is 4.39 Å². The number of hydrogen-bond acceptors (Lipinski definition) is 1. The molecule has 19 heavy (non-hydrogen) atoms. The summed E-state index contributed by atoms with van der Waals surface area (Å²) in [4.78, 5) is 6.05. The fraction of sp³-hybridized carbons (Fsp3) is 0.429. The molecule has 0 saturated heterocycles. The second-order valence-corrected chi connectivity index (χ2v) is 5.17. The van der Waals surface area contributed by atoms with E-state index in [4.69, 9.17) is 5.53 Å². The summed E-state index contributed by atoms with van der Waals surface area (Å²) in [5, 5.41) is 4.49. The van der Waals surface area contributed by atoms with Crippen molar-refractivity contribution in [3.05, 3.63) is 45.7 Å². The third-order valence-electron chi connectivity index (χ3n) is 3.18. The molecular weight excluding hydrogens is 243 g/mol. The highest BCUT2D eigenvalue weighted by Crippen LogP contribution is 2.25. The zero-order valence-electron chi connectivity index (χ0n) is 11.3. The smallest absolute Gasteiger partial charge is 0.127 e. The number of fused-ring (bicyclic) bond motifs is 1. The number of rotatable bonds is 4. The first kappa shape index (κ1) is 13.4. The summed E-state index contributed by atoms with van der Waals surface area (Å²) in [6.45, 7) is 5.79. The maximum atomic E-state index is 13.9. The van der Waals surface area contributed by atoms with Gasteiger partial charge in [-0.15, -0.1) is 0 Å². The summed E-state index contributed by atoms with van der Waals surface area (Å²) in [6, 6.07) is 5.21. The standard InChI is InChI=1S/C14H17FN4/c1-8(2)12-7-14-10(6-13(12)15)5-11(17-14)4-9(3)18-19-16/h5-9,17H,4H2,1-3H3. The molecule has 1 atom stereocenters. The van der Waals surface area contributed by atoms with Crippen LogP contribution in [0.2, 0.25) is 0 Å². The Bertz CT molecular complexity index is 638. The first-order valence-corrected chi connectivity index (χ1v) is 6.36. The van der Waals surface area contributed by atoms with Gasteiger partial charge >= 0.3 is 0 Å². The van der Waals surface area contributed by atoms with Crippen molar-refractivity contribution in [3.8, 4) is 0 Å². The van der Waals surface area contributed by atoms with Gasteiger partial charge in [0.15, 0.2) is 0 Å². The van der Waals surface area contributed by atoms with Crippen molar-refractivity contribution in [2.75, 3.05) is 0 Å². The summed E-state index contributed by atoms with van der Waals surface area (Å²) in [5.74, 6) is -0.0191. The Hall–Kier alpha value is -2.00. The topological polar surface area (TPSA) is 64.5 Å². The zero-order valence-corrected chi connectivity index (χ0v) is 11.3. The summed E-state index contributed by atoms with van der Waals surface area (Å²) in [7, 11) is 0. The molecular formula is C14H17FN4. The second kappa shape index (κ2) is 5.33. The quantitative estimate of drug-likeness (QED) is 0.471. The molecule has 0 aliphatic carbocycles. The van der Waals surface area contributed by atoms with Crippen LogP contribution in [-0.4, -0.2) is 11.0 Å². The maximum Gasteiger partial charge on any atom is 0.127 e. The minimum atomic E-state index is -0.170. The van der Waals surface area contributed by atoms with E-state index in [0.29, 0.717) is 12.0 Å². The van der Waals surface area contributed by atoms with Crippen LogP contribution in [0, 0.1) is 5.82 Å². The van der Waals surface area contributed by atoms with Crippen molar-refractivity contribution >= 4 is 10.9 Å². The molecule has 0 radical (unpaired) electrons. The molecule has 2 aromatic rings. The van der Waals surface area contributed by atoms with Crippen LogP contribution in [0.25, 0.3) is 21.3 Å². The average molecular weight is 260 g/mol. The SMILES string of the molecule is CC(Cc1cc2cc(F)c(C(C)C)cc2[nH]1)N=[N+]=[N-]. The highest BCUT2D eigenvalue weighted by Gasteiger charge is 2.11. The molecule has 0 saturated carbocycles. The molecule has 1 unspecified atom stereocenters. The summed E-state index contributed by atoms with van der Waals surface area (Å²) in [6.07, 6.45) is 0.622. The minimum Gasteiger partial charge on any atom is -0.358 e. The van der Waals surface area contributed by atoms with Crippen molar-refractivity contribution in [1.29, 1.82) is 0 Å². The summed E-state index contributed by atoms with van der Waals surface area (Å²) in [5.41, 5.74) is 11.0. The second-order valence-electron chi connectivity index (χ2n) is 5.17. The summed E-state index contributed by atoms with van der Waals surface area (Å²) < 4.78 is 13.9. The van der Waals surface area contributed by atoms with Crippen LogP contribution in [0.1, 0.15) is 37.9 Å². The number of azide groups is 1. The lowest BCUT2D eigenvalue weighted by atomic mass is 10.0. The lowest BCUT2D eigenvalue weighted by Gasteiger charge is -2.06. The van der Waals surface area contributed by atoms with Crippen LogP contribution in [0.15, 0.2) is 23.3 Å². The fourth-order valence-electron chi connectivity index (χ4n) is 2.23. The van der Waals surface area contributed by atoms with E-state index in [2.05, 4.69) is 15.0 Å². The fourth-order valence-corrected chi connectivity index (χ4v) is 2.23. The molecule has 5 heteroatoms. The van der Waals surface area contributed by atoms with Gasteiger partial charge in [0.05, 0.1) is 0 Å². The Morgan fingerprint density at radius 2 is 2.05 bits per heavy atom. The molecule has 2 rings (SSSR count). The van der Waals surface area contributed by atoms with Gasteiger partial charge in [-0.2, -0.15) is 0 Å². The van der Waals surface area contributed by atoms with Gasteiger partial charge in [0.25, 0.3) is 0 Å². The Balaban J connectivity index is 2.37. The highest BCUT2D eigenvalue weighted by molar-refractivity contribution is 5.81. The Morgan fingerprint density at radius 3 is 2.68 bits per heavy atom. The maximum absolute atomic E-state index is 13.9. The van der Waals surface area contributed by atoms with E-state index < -0.39 is 0 Å². The Kier molecular flexibility index (Phi) is 3.76. The predicted octanol–water partition coefficient (Wildman–Crippen LogP) is 4.67. The molecule has 1 aromatic carbocycles. The number of nitrogens with one attached hydrogen (secondary N) is 1. The molecule has 0 aliphatic heterocycles. The number of hydrogen-bond donors (Lipinski definition) is 1. The first-order chi connectivity index (χ1) is 9.01. The van der Waals surface area contributed by atoms with Crippen LogP contribution in [0.5, 0.6) is 0 Å². The number of H-pyrrole nitrogens is 1. The average Bonchev–Trinajstić information content (AvgIpc) is 2.68. The molecule has 4 nitrogen and oxygen atoms in total. The number of halogens is 1. The van der Waals surface area contributed by atoms with E-state index in [9.17, 15) is 4.39 Å². The molecule has 1 aromatic heterocycles. The van der Waals surface area contributed by atoms with Gasteiger partial charge in [0.1, 0.15) is 5.82 Å². The minimum absolute atomic E-state index is 0.118. The van der Waals surface area contributed by atoms with E-state index in [-0.39, 0.29) is 17.8 Å². The molecule has 1 heterocycles. The van der Waals surface area contributed by atoms with Gasteiger partial charge in [-0.1, -0.05) is 25.9 Å². The number of benzene rings is 1. The Morgan fingerprint density at radius 1 is 1.32 bits per heavy atom. The van der Waals surface area contributed by atoms with E-state index >= 15 is 0 Å². The third-order valence-corrected chi connectivity index (χ3v) is 3.18. The van der Waals surface area contributed by atoms with E-state index in [0.717, 1.165) is 16.6 Å². The molecule has 0 aliphatic rings. The van der Waals surface area contributed by atoms with E-state index in [1.807, 2.05) is 32.9 Å². The Labute approximate surface area is 111 Å². The van der Waals surface area contributed by atoms with Gasteiger partial charge in [0, 0.05) is 27.6 Å². The predicted molar refractivity (Wildman–Crippen MR) is 74.7 cm³/mol. The van der Waals surface area contributed by atoms with Crippen LogP contribution < -0.4 is 0 Å². The van der Waals surface area contributed by atoms with Gasteiger partial charge < -0.3 is 4.98 Å². The molecule has 0 bridgehead atoms. The molecule has 0 fully saturated rings. The lowest BCUT2D eigenvalue weighted by Crippen LogP contribution is -2.01. The molecule has 1 N–H and O–H groups in total. The molecule has 100 valence electrons. The number of nitrogens with zero attached hydrogens (tertiary/aromatic N) is 3. The normalized spacial score (nSPS) is 12.7. The third kappa shape index (κ3) is 2.88. The highest BCUT2D eigenvalue weighted by atomic mass is 19.1. The molecule has 0 spiro atoms. The molecule has 0 amide bonds. The van der Waals surface area contributed by atoms with Crippen molar-refractivity contribution in [1.82, 2.24) is 4.98 Å². The van der Waals surface area contributed by atoms with Crippen LogP contribution in [0.4, 0.5) is 4.39 Å². The monoisotopic (exact) mass is 260 g/mol. The number of aromatic amines is 1. The van der Waals surface area contributed by atoms with Crippen molar-refractivity contribution in [3.63, 3.8) is 0 Å². The summed E-state index contributed by atoms with van der Waals surface area (Å²) >= 11 is 0. The van der Waals surface area contributed by atoms with E-state index in [1.165, 1.54) is 0 Å². The van der Waals surface area contributed by atoms with Crippen molar-refractivity contribution < 1.29 is 4.39 Å².